The number of carbonyl (C=O) groups is 1. The van der Waals surface area contributed by atoms with E-state index in [-0.39, 0.29) is 23.4 Å². The SMILES string of the molecule is CCS(=O)(=O)Nc1cc(CCC(=O)NCCCc2cc(N)c(OC)cc2N2CCC(N3CCN(C)CC3)CC2)ccc1Nc1nc(Cl)ncc1Br. The lowest BCUT2D eigenvalue weighted by atomic mass is 9.99. The molecule has 3 heterocycles. The van der Waals surface area contributed by atoms with Crippen LogP contribution in [0.15, 0.2) is 41.0 Å². The number of aromatic nitrogens is 2. The first-order valence-corrected chi connectivity index (χ1v) is 20.3. The zero-order valence-electron chi connectivity index (χ0n) is 29.6. The van der Waals surface area contributed by atoms with Crippen LogP contribution >= 0.6 is 27.5 Å². The van der Waals surface area contributed by atoms with Crippen LogP contribution in [0.4, 0.5) is 28.6 Å². The van der Waals surface area contributed by atoms with Crippen LogP contribution in [0.3, 0.4) is 0 Å². The first-order chi connectivity index (χ1) is 24.4. The van der Waals surface area contributed by atoms with Gasteiger partial charge in [-0.2, -0.15) is 4.98 Å². The number of anilines is 5. The number of nitrogen functional groups attached to an aromatic ring is 1. The zero-order valence-corrected chi connectivity index (χ0v) is 32.7. The molecule has 1 amide bonds. The van der Waals surface area contributed by atoms with E-state index in [1.165, 1.54) is 6.20 Å². The summed E-state index contributed by atoms with van der Waals surface area (Å²) in [5, 5.41) is 6.20. The Kier molecular flexibility index (Phi) is 13.6. The van der Waals surface area contributed by atoms with E-state index in [1.807, 2.05) is 12.1 Å². The fraction of sp³-hybridized carbons (Fsp3) is 0.514. The van der Waals surface area contributed by atoms with E-state index in [2.05, 4.69) is 69.1 Å². The molecule has 0 spiro atoms. The highest BCUT2D eigenvalue weighted by atomic mass is 79.9. The summed E-state index contributed by atoms with van der Waals surface area (Å²) in [6.45, 7) is 8.59. The van der Waals surface area contributed by atoms with Crippen LogP contribution < -0.4 is 30.7 Å². The Bertz CT molecular complexity index is 1770. The highest BCUT2D eigenvalue weighted by Gasteiger charge is 2.28. The fourth-order valence-corrected chi connectivity index (χ4v) is 7.63. The summed E-state index contributed by atoms with van der Waals surface area (Å²) in [4.78, 5) is 28.5. The molecule has 0 unspecified atom stereocenters. The number of ether oxygens (including phenoxy) is 1. The minimum absolute atomic E-state index is 0.0458. The van der Waals surface area contributed by atoms with Crippen LogP contribution in [0, 0.1) is 0 Å². The van der Waals surface area contributed by atoms with Gasteiger partial charge in [0.1, 0.15) is 11.6 Å². The highest BCUT2D eigenvalue weighted by Crippen LogP contribution is 2.35. The topological polar surface area (TPSA) is 158 Å². The molecule has 1 aromatic heterocycles. The van der Waals surface area contributed by atoms with Gasteiger partial charge in [0.05, 0.1) is 34.4 Å². The summed E-state index contributed by atoms with van der Waals surface area (Å²) < 4.78 is 33.7. The lowest BCUT2D eigenvalue weighted by Crippen LogP contribution is -2.52. The third-order valence-corrected chi connectivity index (χ3v) is 11.6. The second kappa shape index (κ2) is 17.9. The molecule has 51 heavy (non-hydrogen) atoms. The molecule has 5 N–H and O–H groups in total. The molecule has 0 radical (unpaired) electrons. The van der Waals surface area contributed by atoms with Gasteiger partial charge in [-0.1, -0.05) is 6.07 Å². The van der Waals surface area contributed by atoms with Crippen LogP contribution in [0.1, 0.15) is 43.7 Å². The van der Waals surface area contributed by atoms with Crippen LogP contribution in [0.2, 0.25) is 5.28 Å². The average molecular weight is 807 g/mol. The summed E-state index contributed by atoms with van der Waals surface area (Å²) in [6.07, 6.45) is 5.98. The van der Waals surface area contributed by atoms with E-state index in [4.69, 9.17) is 22.1 Å². The third-order valence-electron chi connectivity index (χ3n) is 9.57. The van der Waals surface area contributed by atoms with Crippen molar-refractivity contribution in [3.8, 4) is 5.75 Å². The summed E-state index contributed by atoms with van der Waals surface area (Å²) in [5.41, 5.74) is 10.9. The number of methoxy groups -OCH3 is 1. The number of piperazine rings is 1. The van der Waals surface area contributed by atoms with Crippen LogP contribution in [-0.2, 0) is 27.7 Å². The summed E-state index contributed by atoms with van der Waals surface area (Å²) in [5.74, 6) is 0.897. The standard InChI is InChI=1S/C35H49BrClN9O4S/c1-4-51(48,49)43-30-20-24(7-9-29(30)41-34-27(36)23-40-35(37)42-34)8-10-33(47)39-13-5-6-25-21-28(38)32(50-3)22-31(25)46-14-11-26(12-15-46)45-18-16-44(2)17-19-45/h7,9,20-23,26,43H,4-6,8,10-19,38H2,1-3H3,(H,39,47)(H,40,41,42). The van der Waals surface area contributed by atoms with Crippen LogP contribution in [-0.4, -0.2) is 106 Å². The molecule has 13 nitrogen and oxygen atoms in total. The van der Waals surface area contributed by atoms with Crippen LogP contribution in [0.25, 0.3) is 0 Å². The Morgan fingerprint density at radius 2 is 1.82 bits per heavy atom. The Labute approximate surface area is 314 Å². The van der Waals surface area contributed by atoms with Crippen molar-refractivity contribution in [2.45, 2.75) is 51.5 Å². The third kappa shape index (κ3) is 10.8. The van der Waals surface area contributed by atoms with Gasteiger partial charge in [-0.15, -0.1) is 0 Å². The molecule has 5 rings (SSSR count). The van der Waals surface area contributed by atoms with Crippen molar-refractivity contribution in [1.82, 2.24) is 25.1 Å². The molecule has 2 aromatic carbocycles. The molecule has 2 aliphatic heterocycles. The molecule has 0 saturated carbocycles. The monoisotopic (exact) mass is 805 g/mol. The number of benzene rings is 2. The lowest BCUT2D eigenvalue weighted by molar-refractivity contribution is -0.121. The van der Waals surface area contributed by atoms with E-state index in [9.17, 15) is 13.2 Å². The first-order valence-electron chi connectivity index (χ1n) is 17.4. The fourth-order valence-electron chi connectivity index (χ4n) is 6.56. The number of sulfonamides is 1. The number of rotatable bonds is 15. The van der Waals surface area contributed by atoms with Gasteiger partial charge in [0, 0.05) is 76.2 Å². The highest BCUT2D eigenvalue weighted by molar-refractivity contribution is 9.10. The van der Waals surface area contributed by atoms with Gasteiger partial charge < -0.3 is 30.9 Å². The summed E-state index contributed by atoms with van der Waals surface area (Å²) >= 11 is 9.35. The van der Waals surface area contributed by atoms with E-state index < -0.39 is 10.0 Å². The number of carbonyl (C=O) groups excluding carboxylic acids is 1. The Morgan fingerprint density at radius 3 is 2.53 bits per heavy atom. The molecular weight excluding hydrogens is 758 g/mol. The number of amides is 1. The van der Waals surface area contributed by atoms with Crippen LogP contribution in [0.5, 0.6) is 5.75 Å². The number of halogens is 2. The van der Waals surface area contributed by atoms with Crippen molar-refractivity contribution in [3.05, 3.63) is 57.4 Å². The molecule has 2 fully saturated rings. The minimum atomic E-state index is -3.58. The first kappa shape index (κ1) is 38.9. The Hall–Kier alpha value is -3.37. The number of hydrogen-bond acceptors (Lipinski definition) is 11. The zero-order chi connectivity index (χ0) is 36.5. The smallest absolute Gasteiger partial charge is 0.232 e. The number of nitrogens with two attached hydrogens (primary N) is 1. The molecular formula is C35H49BrClN9O4S. The largest absolute Gasteiger partial charge is 0.495 e. The predicted octanol–water partition coefficient (Wildman–Crippen LogP) is 4.89. The normalized spacial score (nSPS) is 16.2. The van der Waals surface area contributed by atoms with E-state index in [0.29, 0.717) is 52.1 Å². The van der Waals surface area contributed by atoms with Crippen molar-refractivity contribution in [1.29, 1.82) is 0 Å². The molecule has 2 saturated heterocycles. The van der Waals surface area contributed by atoms with Gasteiger partial charge >= 0.3 is 0 Å². The molecule has 3 aromatic rings. The van der Waals surface area contributed by atoms with Gasteiger partial charge in [-0.3, -0.25) is 14.4 Å². The maximum atomic E-state index is 12.9. The Morgan fingerprint density at radius 1 is 1.08 bits per heavy atom. The van der Waals surface area contributed by atoms with E-state index >= 15 is 0 Å². The maximum absolute atomic E-state index is 12.9. The Balaban J connectivity index is 1.15. The number of nitrogens with zero attached hydrogens (tertiary/aromatic N) is 5. The number of piperidine rings is 1. The van der Waals surface area contributed by atoms with Gasteiger partial charge in [0.25, 0.3) is 0 Å². The van der Waals surface area contributed by atoms with Gasteiger partial charge in [0.15, 0.2) is 0 Å². The second-order valence-corrected chi connectivity index (χ2v) is 16.3. The maximum Gasteiger partial charge on any atom is 0.232 e. The number of nitrogens with one attached hydrogen (secondary N) is 3. The molecule has 2 aliphatic rings. The van der Waals surface area contributed by atoms with Crippen molar-refractivity contribution >= 4 is 72.0 Å². The second-order valence-electron chi connectivity index (χ2n) is 13.1. The molecule has 278 valence electrons. The minimum Gasteiger partial charge on any atom is -0.495 e. The van der Waals surface area contributed by atoms with Gasteiger partial charge in [-0.25, -0.2) is 13.4 Å². The quantitative estimate of drug-likeness (QED) is 0.0943. The summed E-state index contributed by atoms with van der Waals surface area (Å²) in [6, 6.07) is 10.0. The van der Waals surface area contributed by atoms with Crippen molar-refractivity contribution < 1.29 is 17.9 Å². The van der Waals surface area contributed by atoms with Crippen molar-refractivity contribution in [2.75, 3.05) is 86.4 Å². The molecule has 0 aliphatic carbocycles. The van der Waals surface area contributed by atoms with Gasteiger partial charge in [-0.05, 0) is 103 Å². The number of aryl methyl sites for hydroxylation is 2. The molecule has 0 bridgehead atoms. The van der Waals surface area contributed by atoms with E-state index in [0.717, 1.165) is 81.8 Å². The number of likely N-dealkylation sites (N-methyl/N-ethyl adjacent to an activating group) is 1. The number of hydrogen-bond donors (Lipinski definition) is 4. The predicted molar refractivity (Wildman–Crippen MR) is 209 cm³/mol. The van der Waals surface area contributed by atoms with E-state index in [1.54, 1.807) is 26.2 Å². The van der Waals surface area contributed by atoms with Crippen molar-refractivity contribution in [3.63, 3.8) is 0 Å². The average Bonchev–Trinajstić information content (AvgIpc) is 3.12. The lowest BCUT2D eigenvalue weighted by Gasteiger charge is -2.43. The molecule has 0 atom stereocenters. The van der Waals surface area contributed by atoms with Gasteiger partial charge in [0.2, 0.25) is 21.2 Å². The van der Waals surface area contributed by atoms with Crippen molar-refractivity contribution in [2.24, 2.45) is 0 Å². The summed E-state index contributed by atoms with van der Waals surface area (Å²) in [7, 11) is 0.264. The molecule has 16 heteroatoms.